The van der Waals surface area contributed by atoms with Crippen molar-refractivity contribution in [2.24, 2.45) is 5.92 Å². The van der Waals surface area contributed by atoms with Crippen LogP contribution in [-0.4, -0.2) is 12.5 Å². The molecule has 0 bridgehead atoms. The van der Waals surface area contributed by atoms with Crippen LogP contribution >= 0.6 is 31.9 Å². The number of amides is 1. The SMILES string of the molecule is CCCCC(CC)CNC(=O)c1cc(Br)cc(Br)c1N. The molecule has 3 nitrogen and oxygen atoms in total. The van der Waals surface area contributed by atoms with E-state index in [1.807, 2.05) is 6.07 Å². The summed E-state index contributed by atoms with van der Waals surface area (Å²) in [4.78, 5) is 12.2. The lowest BCUT2D eigenvalue weighted by Gasteiger charge is -2.16. The van der Waals surface area contributed by atoms with Crippen molar-refractivity contribution in [1.82, 2.24) is 5.32 Å². The summed E-state index contributed by atoms with van der Waals surface area (Å²) < 4.78 is 1.57. The van der Waals surface area contributed by atoms with Crippen molar-refractivity contribution in [2.75, 3.05) is 12.3 Å². The van der Waals surface area contributed by atoms with Crippen molar-refractivity contribution in [3.8, 4) is 0 Å². The Morgan fingerprint density at radius 2 is 2.05 bits per heavy atom. The topological polar surface area (TPSA) is 55.1 Å². The Hall–Kier alpha value is -0.550. The van der Waals surface area contributed by atoms with Crippen LogP contribution < -0.4 is 11.1 Å². The molecule has 0 aromatic heterocycles. The van der Waals surface area contributed by atoms with Gasteiger partial charge in [-0.2, -0.15) is 0 Å². The molecule has 0 spiro atoms. The molecule has 0 aliphatic rings. The molecule has 0 saturated heterocycles. The molecule has 1 atom stereocenters. The zero-order valence-corrected chi connectivity index (χ0v) is 15.2. The fourth-order valence-electron chi connectivity index (χ4n) is 2.05. The normalized spacial score (nSPS) is 12.2. The standard InChI is InChI=1S/C15H22Br2N2O/c1-3-5-6-10(4-2)9-19-15(20)12-7-11(16)8-13(17)14(12)18/h7-8,10H,3-6,9,18H2,1-2H3,(H,19,20). The quantitative estimate of drug-likeness (QED) is 0.643. The Balaban J connectivity index is 2.67. The highest BCUT2D eigenvalue weighted by Crippen LogP contribution is 2.28. The number of anilines is 1. The number of hydrogen-bond acceptors (Lipinski definition) is 2. The van der Waals surface area contributed by atoms with Crippen LogP contribution in [0.2, 0.25) is 0 Å². The number of nitrogen functional groups attached to an aromatic ring is 1. The summed E-state index contributed by atoms with van der Waals surface area (Å²) in [7, 11) is 0. The van der Waals surface area contributed by atoms with E-state index in [0.717, 1.165) is 21.8 Å². The minimum absolute atomic E-state index is 0.112. The zero-order valence-electron chi connectivity index (χ0n) is 12.0. The number of carbonyl (C=O) groups is 1. The largest absolute Gasteiger partial charge is 0.397 e. The van der Waals surface area contributed by atoms with Crippen molar-refractivity contribution in [3.63, 3.8) is 0 Å². The second kappa shape index (κ2) is 8.67. The molecule has 1 aromatic rings. The van der Waals surface area contributed by atoms with Crippen LogP contribution in [0.3, 0.4) is 0 Å². The summed E-state index contributed by atoms with van der Waals surface area (Å²) in [5.74, 6) is 0.426. The molecular formula is C15H22Br2N2O. The van der Waals surface area contributed by atoms with Crippen molar-refractivity contribution >= 4 is 43.5 Å². The summed E-state index contributed by atoms with van der Waals surface area (Å²) in [6.45, 7) is 5.06. The molecule has 0 aliphatic heterocycles. The number of unbranched alkanes of at least 4 members (excludes halogenated alkanes) is 1. The van der Waals surface area contributed by atoms with E-state index >= 15 is 0 Å². The summed E-state index contributed by atoms with van der Waals surface area (Å²) in [5, 5.41) is 2.99. The molecular weight excluding hydrogens is 384 g/mol. The predicted molar refractivity (Wildman–Crippen MR) is 91.9 cm³/mol. The van der Waals surface area contributed by atoms with Crippen LogP contribution in [0.25, 0.3) is 0 Å². The van der Waals surface area contributed by atoms with Crippen LogP contribution in [0.4, 0.5) is 5.69 Å². The Bertz CT molecular complexity index is 463. The minimum Gasteiger partial charge on any atom is -0.397 e. The van der Waals surface area contributed by atoms with Gasteiger partial charge in [0, 0.05) is 15.5 Å². The fraction of sp³-hybridized carbons (Fsp3) is 0.533. The molecule has 1 amide bonds. The minimum atomic E-state index is -0.112. The highest BCUT2D eigenvalue weighted by atomic mass is 79.9. The molecule has 0 saturated carbocycles. The first kappa shape index (κ1) is 17.5. The van der Waals surface area contributed by atoms with Crippen molar-refractivity contribution in [1.29, 1.82) is 0 Å². The molecule has 5 heteroatoms. The van der Waals surface area contributed by atoms with Crippen molar-refractivity contribution in [2.45, 2.75) is 39.5 Å². The first-order valence-electron chi connectivity index (χ1n) is 7.02. The number of benzene rings is 1. The Morgan fingerprint density at radius 1 is 1.35 bits per heavy atom. The van der Waals surface area contributed by atoms with E-state index in [0.29, 0.717) is 23.7 Å². The van der Waals surface area contributed by atoms with Crippen LogP contribution in [-0.2, 0) is 0 Å². The van der Waals surface area contributed by atoms with E-state index in [1.54, 1.807) is 6.07 Å². The highest BCUT2D eigenvalue weighted by molar-refractivity contribution is 9.11. The number of nitrogens with one attached hydrogen (secondary N) is 1. The summed E-state index contributed by atoms with van der Waals surface area (Å²) >= 11 is 6.74. The van der Waals surface area contributed by atoms with Crippen LogP contribution in [0.5, 0.6) is 0 Å². The first-order chi connectivity index (χ1) is 9.49. The Kier molecular flexibility index (Phi) is 7.59. The van der Waals surface area contributed by atoms with Crippen LogP contribution in [0.15, 0.2) is 21.1 Å². The fourth-order valence-corrected chi connectivity index (χ4v) is 3.27. The molecule has 1 aromatic carbocycles. The number of hydrogen-bond donors (Lipinski definition) is 2. The van der Waals surface area contributed by atoms with E-state index in [4.69, 9.17) is 5.73 Å². The van der Waals surface area contributed by atoms with E-state index < -0.39 is 0 Å². The van der Waals surface area contributed by atoms with Crippen LogP contribution in [0.1, 0.15) is 49.9 Å². The number of carbonyl (C=O) groups excluding carboxylic acids is 1. The smallest absolute Gasteiger partial charge is 0.253 e. The summed E-state index contributed by atoms with van der Waals surface area (Å²) in [6.07, 6.45) is 4.64. The van der Waals surface area contributed by atoms with Crippen molar-refractivity contribution in [3.05, 3.63) is 26.6 Å². The summed E-state index contributed by atoms with van der Waals surface area (Å²) in [6, 6.07) is 3.59. The van der Waals surface area contributed by atoms with Gasteiger partial charge in [0.05, 0.1) is 11.3 Å². The van der Waals surface area contributed by atoms with Gasteiger partial charge in [-0.15, -0.1) is 0 Å². The molecule has 0 heterocycles. The summed E-state index contributed by atoms with van der Waals surface area (Å²) in [5.41, 5.74) is 6.93. The Labute approximate surface area is 138 Å². The second-order valence-corrected chi connectivity index (χ2v) is 6.75. The maximum absolute atomic E-state index is 12.2. The van der Waals surface area contributed by atoms with Crippen molar-refractivity contribution < 1.29 is 4.79 Å². The number of rotatable bonds is 7. The lowest BCUT2D eigenvalue weighted by Crippen LogP contribution is -2.29. The van der Waals surface area contributed by atoms with Gasteiger partial charge in [-0.25, -0.2) is 0 Å². The predicted octanol–water partition coefficient (Wildman–Crippen LogP) is 4.74. The molecule has 112 valence electrons. The van der Waals surface area contributed by atoms with E-state index in [2.05, 4.69) is 51.0 Å². The van der Waals surface area contributed by atoms with Gasteiger partial charge in [0.15, 0.2) is 0 Å². The number of halogens is 2. The van der Waals surface area contributed by atoms with Gasteiger partial charge >= 0.3 is 0 Å². The van der Waals surface area contributed by atoms with Crippen LogP contribution in [0, 0.1) is 5.92 Å². The average Bonchev–Trinajstić information content (AvgIpc) is 2.42. The van der Waals surface area contributed by atoms with E-state index in [-0.39, 0.29) is 5.91 Å². The van der Waals surface area contributed by atoms with Gasteiger partial charge in [0.2, 0.25) is 0 Å². The first-order valence-corrected chi connectivity index (χ1v) is 8.60. The maximum Gasteiger partial charge on any atom is 0.253 e. The molecule has 0 radical (unpaired) electrons. The van der Waals surface area contributed by atoms with E-state index in [9.17, 15) is 4.79 Å². The number of nitrogens with two attached hydrogens (primary N) is 1. The maximum atomic E-state index is 12.2. The molecule has 0 fully saturated rings. The monoisotopic (exact) mass is 404 g/mol. The molecule has 1 unspecified atom stereocenters. The molecule has 3 N–H and O–H groups in total. The zero-order chi connectivity index (χ0) is 15.1. The highest BCUT2D eigenvalue weighted by Gasteiger charge is 2.14. The molecule has 0 aliphatic carbocycles. The van der Waals surface area contributed by atoms with Gasteiger partial charge < -0.3 is 11.1 Å². The third-order valence-electron chi connectivity index (χ3n) is 3.43. The average molecular weight is 406 g/mol. The molecule has 20 heavy (non-hydrogen) atoms. The second-order valence-electron chi connectivity index (χ2n) is 4.98. The van der Waals surface area contributed by atoms with Gasteiger partial charge in [-0.3, -0.25) is 4.79 Å². The van der Waals surface area contributed by atoms with Gasteiger partial charge in [0.1, 0.15) is 0 Å². The van der Waals surface area contributed by atoms with E-state index in [1.165, 1.54) is 12.8 Å². The van der Waals surface area contributed by atoms with Gasteiger partial charge in [-0.05, 0) is 40.4 Å². The van der Waals surface area contributed by atoms with Gasteiger partial charge in [-0.1, -0.05) is 49.0 Å². The van der Waals surface area contributed by atoms with Gasteiger partial charge in [0.25, 0.3) is 5.91 Å². The lowest BCUT2D eigenvalue weighted by molar-refractivity contribution is 0.0946. The lowest BCUT2D eigenvalue weighted by atomic mass is 9.99. The Morgan fingerprint density at radius 3 is 2.65 bits per heavy atom. The third kappa shape index (κ3) is 5.09. The third-order valence-corrected chi connectivity index (χ3v) is 4.55. The molecule has 1 rings (SSSR count).